The van der Waals surface area contributed by atoms with E-state index in [1.165, 1.54) is 4.88 Å². The first-order chi connectivity index (χ1) is 10.2. The van der Waals surface area contributed by atoms with Gasteiger partial charge in [-0.15, -0.1) is 11.3 Å². The summed E-state index contributed by atoms with van der Waals surface area (Å²) >= 11 is 1.68. The van der Waals surface area contributed by atoms with Crippen LogP contribution in [0.2, 0.25) is 0 Å². The lowest BCUT2D eigenvalue weighted by Crippen LogP contribution is -2.12. The predicted octanol–water partition coefficient (Wildman–Crippen LogP) is 3.77. The number of rotatable bonds is 3. The average Bonchev–Trinajstić information content (AvgIpc) is 2.95. The Morgan fingerprint density at radius 3 is 2.38 bits per heavy atom. The van der Waals surface area contributed by atoms with Crippen LogP contribution in [0.1, 0.15) is 10.4 Å². The van der Waals surface area contributed by atoms with Crippen LogP contribution in [0.25, 0.3) is 22.0 Å². The minimum atomic E-state index is 0.657. The zero-order valence-corrected chi connectivity index (χ0v) is 12.7. The van der Waals surface area contributed by atoms with E-state index in [4.69, 9.17) is 10.8 Å². The minimum absolute atomic E-state index is 0.657. The van der Waals surface area contributed by atoms with Crippen molar-refractivity contribution in [3.63, 3.8) is 0 Å². The molecule has 2 aromatic heterocycles. The highest BCUT2D eigenvalue weighted by atomic mass is 32.1. The number of benzene rings is 1. The number of thiophene rings is 1. The molecule has 0 unspecified atom stereocenters. The minimum Gasteiger partial charge on any atom is -0.308 e. The van der Waals surface area contributed by atoms with Crippen LogP contribution in [0.15, 0.2) is 42.5 Å². The number of nitrogens with zero attached hydrogens (tertiary/aromatic N) is 2. The molecule has 0 bridgehead atoms. The number of nitrogen functional groups attached to an aromatic ring is 1. The van der Waals surface area contributed by atoms with Crippen LogP contribution in [-0.4, -0.2) is 9.97 Å². The second-order valence-electron chi connectivity index (χ2n) is 4.79. The predicted molar refractivity (Wildman–Crippen MR) is 88.1 cm³/mol. The van der Waals surface area contributed by atoms with E-state index in [9.17, 15) is 0 Å². The van der Waals surface area contributed by atoms with Crippen molar-refractivity contribution in [1.29, 1.82) is 0 Å². The number of anilines is 1. The summed E-state index contributed by atoms with van der Waals surface area (Å²) in [7, 11) is 0. The molecular formula is C16H16N4S. The molecular weight excluding hydrogens is 280 g/mol. The summed E-state index contributed by atoms with van der Waals surface area (Å²) in [5.74, 6) is 6.97. The molecule has 3 N–H and O–H groups in total. The summed E-state index contributed by atoms with van der Waals surface area (Å²) < 4.78 is 0. The van der Waals surface area contributed by atoms with Gasteiger partial charge in [-0.1, -0.05) is 30.3 Å². The van der Waals surface area contributed by atoms with Crippen molar-refractivity contribution < 1.29 is 0 Å². The van der Waals surface area contributed by atoms with Crippen molar-refractivity contribution in [2.24, 2.45) is 5.84 Å². The normalized spacial score (nSPS) is 10.6. The molecule has 0 spiro atoms. The molecule has 0 atom stereocenters. The van der Waals surface area contributed by atoms with E-state index in [2.05, 4.69) is 23.4 Å². The highest BCUT2D eigenvalue weighted by Crippen LogP contribution is 2.31. The maximum atomic E-state index is 5.61. The number of aryl methyl sites for hydroxylation is 1. The van der Waals surface area contributed by atoms with Gasteiger partial charge < -0.3 is 5.43 Å². The van der Waals surface area contributed by atoms with E-state index in [0.29, 0.717) is 11.6 Å². The van der Waals surface area contributed by atoms with Crippen molar-refractivity contribution in [3.05, 3.63) is 52.9 Å². The third kappa shape index (κ3) is 2.66. The Balaban J connectivity index is 2.20. The molecule has 3 rings (SSSR count). The second kappa shape index (κ2) is 5.63. The first-order valence-electron chi connectivity index (χ1n) is 6.66. The van der Waals surface area contributed by atoms with E-state index in [0.717, 1.165) is 21.7 Å². The molecule has 5 heteroatoms. The summed E-state index contributed by atoms with van der Waals surface area (Å²) in [5, 5.41) is 0. The summed E-state index contributed by atoms with van der Waals surface area (Å²) in [4.78, 5) is 11.5. The van der Waals surface area contributed by atoms with Crippen molar-refractivity contribution in [1.82, 2.24) is 9.97 Å². The molecule has 21 heavy (non-hydrogen) atoms. The van der Waals surface area contributed by atoms with E-state index in [1.54, 1.807) is 11.3 Å². The van der Waals surface area contributed by atoms with Gasteiger partial charge in [-0.25, -0.2) is 15.8 Å². The van der Waals surface area contributed by atoms with Gasteiger partial charge in [0.25, 0.3) is 0 Å². The number of hydrogen-bond acceptors (Lipinski definition) is 5. The van der Waals surface area contributed by atoms with E-state index in [1.807, 2.05) is 43.3 Å². The zero-order chi connectivity index (χ0) is 14.8. The van der Waals surface area contributed by atoms with Gasteiger partial charge in [0, 0.05) is 16.0 Å². The Hall–Kier alpha value is -2.24. The molecule has 106 valence electrons. The molecule has 1 aromatic carbocycles. The van der Waals surface area contributed by atoms with Gasteiger partial charge in [-0.3, -0.25) is 0 Å². The monoisotopic (exact) mass is 296 g/mol. The van der Waals surface area contributed by atoms with Crippen LogP contribution < -0.4 is 11.3 Å². The third-order valence-corrected chi connectivity index (χ3v) is 4.29. The van der Waals surface area contributed by atoms with E-state index in [-0.39, 0.29) is 0 Å². The molecule has 0 radical (unpaired) electrons. The van der Waals surface area contributed by atoms with Gasteiger partial charge in [0.1, 0.15) is 5.82 Å². The molecule has 0 aliphatic carbocycles. The van der Waals surface area contributed by atoms with Crippen LogP contribution in [0, 0.1) is 13.8 Å². The maximum Gasteiger partial charge on any atom is 0.172 e. The molecule has 0 saturated heterocycles. The Kier molecular flexibility index (Phi) is 3.68. The Morgan fingerprint density at radius 2 is 1.76 bits per heavy atom. The number of hydrazine groups is 1. The number of hydrogen-bond donors (Lipinski definition) is 2. The van der Waals surface area contributed by atoms with E-state index >= 15 is 0 Å². The van der Waals surface area contributed by atoms with Crippen molar-refractivity contribution in [2.45, 2.75) is 13.8 Å². The zero-order valence-electron chi connectivity index (χ0n) is 11.9. The highest BCUT2D eigenvalue weighted by Gasteiger charge is 2.14. The summed E-state index contributed by atoms with van der Waals surface area (Å²) in [6.45, 7) is 4.05. The van der Waals surface area contributed by atoms with Crippen molar-refractivity contribution in [2.75, 3.05) is 5.43 Å². The smallest absolute Gasteiger partial charge is 0.172 e. The van der Waals surface area contributed by atoms with Gasteiger partial charge in [-0.2, -0.15) is 0 Å². The summed E-state index contributed by atoms with van der Waals surface area (Å²) in [5.41, 5.74) is 5.58. The molecule has 0 amide bonds. The first kappa shape index (κ1) is 13.7. The Bertz CT molecular complexity index is 765. The van der Waals surface area contributed by atoms with Crippen LogP contribution in [0.4, 0.5) is 5.82 Å². The molecule has 4 nitrogen and oxygen atoms in total. The largest absolute Gasteiger partial charge is 0.308 e. The lowest BCUT2D eigenvalue weighted by Gasteiger charge is -2.11. The van der Waals surface area contributed by atoms with Crippen LogP contribution in [-0.2, 0) is 0 Å². The topological polar surface area (TPSA) is 63.8 Å². The third-order valence-electron chi connectivity index (χ3n) is 3.29. The van der Waals surface area contributed by atoms with E-state index < -0.39 is 0 Å². The summed E-state index contributed by atoms with van der Waals surface area (Å²) in [6.07, 6.45) is 0. The fourth-order valence-electron chi connectivity index (χ4n) is 2.20. The molecule has 0 aliphatic heterocycles. The molecule has 0 aliphatic rings. The van der Waals surface area contributed by atoms with Gasteiger partial charge in [-0.05, 0) is 26.0 Å². The number of aromatic nitrogens is 2. The van der Waals surface area contributed by atoms with Crippen LogP contribution in [0.5, 0.6) is 0 Å². The van der Waals surface area contributed by atoms with Gasteiger partial charge in [0.05, 0.1) is 10.6 Å². The van der Waals surface area contributed by atoms with Crippen LogP contribution >= 0.6 is 11.3 Å². The molecule has 0 fully saturated rings. The second-order valence-corrected chi connectivity index (χ2v) is 6.08. The van der Waals surface area contributed by atoms with Gasteiger partial charge in [0.2, 0.25) is 0 Å². The average molecular weight is 296 g/mol. The molecule has 2 heterocycles. The van der Waals surface area contributed by atoms with Crippen molar-refractivity contribution in [3.8, 4) is 22.0 Å². The number of nitrogens with two attached hydrogens (primary N) is 1. The van der Waals surface area contributed by atoms with Crippen molar-refractivity contribution >= 4 is 17.2 Å². The maximum absolute atomic E-state index is 5.61. The Morgan fingerprint density at radius 1 is 1.00 bits per heavy atom. The molecule has 0 saturated carbocycles. The standard InChI is InChI=1S/C16H16N4S/c1-10-8-9-13(21-10)16-18-14(11(2)15(19-16)20-17)12-6-4-3-5-7-12/h3-9H,17H2,1-2H3,(H,18,19,20). The highest BCUT2D eigenvalue weighted by molar-refractivity contribution is 7.15. The van der Waals surface area contributed by atoms with Crippen LogP contribution in [0.3, 0.4) is 0 Å². The summed E-state index contributed by atoms with van der Waals surface area (Å²) in [6, 6.07) is 14.2. The molecule has 3 aromatic rings. The first-order valence-corrected chi connectivity index (χ1v) is 7.48. The van der Waals surface area contributed by atoms with Gasteiger partial charge in [0.15, 0.2) is 5.82 Å². The Labute approximate surface area is 127 Å². The fourth-order valence-corrected chi connectivity index (χ4v) is 3.00. The number of nitrogens with one attached hydrogen (secondary N) is 1. The fraction of sp³-hybridized carbons (Fsp3) is 0.125. The van der Waals surface area contributed by atoms with Gasteiger partial charge >= 0.3 is 0 Å². The SMILES string of the molecule is Cc1ccc(-c2nc(NN)c(C)c(-c3ccccc3)n2)s1. The lowest BCUT2D eigenvalue weighted by atomic mass is 10.1. The lowest BCUT2D eigenvalue weighted by molar-refractivity contribution is 1.12. The quantitative estimate of drug-likeness (QED) is 0.570.